The summed E-state index contributed by atoms with van der Waals surface area (Å²) in [5.74, 6) is -1.37. The molecule has 0 aliphatic rings. The molecule has 0 bridgehead atoms. The van der Waals surface area contributed by atoms with Gasteiger partial charge in [-0.2, -0.15) is 23.5 Å². The van der Waals surface area contributed by atoms with Gasteiger partial charge in [0.1, 0.15) is 5.69 Å². The van der Waals surface area contributed by atoms with Gasteiger partial charge in [0, 0.05) is 30.2 Å². The van der Waals surface area contributed by atoms with Crippen LogP contribution in [0.15, 0.2) is 59.2 Å². The Kier molecular flexibility index (Phi) is 7.00. The first-order chi connectivity index (χ1) is 17.5. The lowest BCUT2D eigenvalue weighted by molar-refractivity contribution is -0.140. The Hall–Kier alpha value is -4.24. The van der Waals surface area contributed by atoms with Gasteiger partial charge in [-0.1, -0.05) is 28.1 Å². The van der Waals surface area contributed by atoms with Crippen molar-refractivity contribution in [2.75, 3.05) is 19.4 Å². The van der Waals surface area contributed by atoms with Crippen LogP contribution in [0.5, 0.6) is 0 Å². The lowest BCUT2D eigenvalue weighted by Crippen LogP contribution is -2.24. The van der Waals surface area contributed by atoms with E-state index in [1.165, 1.54) is 48.1 Å². The molecule has 12 heteroatoms. The average molecular weight is 571 g/mol. The van der Waals surface area contributed by atoms with Crippen molar-refractivity contribution in [2.24, 2.45) is 0 Å². The number of anilines is 1. The van der Waals surface area contributed by atoms with Crippen LogP contribution in [0.2, 0.25) is 0 Å². The predicted molar refractivity (Wildman–Crippen MR) is 133 cm³/mol. The highest BCUT2D eigenvalue weighted by atomic mass is 79.9. The number of aromatic nitrogens is 3. The molecule has 0 fully saturated rings. The fraction of sp³-hybridized carbons (Fsp3) is 0.160. The highest BCUT2D eigenvalue weighted by molar-refractivity contribution is 9.10. The zero-order valence-corrected chi connectivity index (χ0v) is 21.1. The number of rotatable bonds is 5. The molecule has 2 heterocycles. The van der Waals surface area contributed by atoms with E-state index in [1.807, 2.05) is 6.07 Å². The van der Waals surface area contributed by atoms with Crippen molar-refractivity contribution in [2.45, 2.75) is 12.7 Å². The van der Waals surface area contributed by atoms with Crippen LogP contribution in [-0.4, -0.2) is 45.6 Å². The van der Waals surface area contributed by atoms with E-state index in [1.54, 1.807) is 24.3 Å². The number of alkyl halides is 3. The van der Waals surface area contributed by atoms with Crippen molar-refractivity contribution in [3.63, 3.8) is 0 Å². The Morgan fingerprint density at radius 3 is 2.46 bits per heavy atom. The van der Waals surface area contributed by atoms with Crippen LogP contribution in [0.3, 0.4) is 0 Å². The zero-order valence-electron chi connectivity index (χ0n) is 19.5. The number of hydrogen-bond donors (Lipinski definition) is 1. The number of fused-ring (bicyclic) bond motifs is 1. The van der Waals surface area contributed by atoms with Crippen LogP contribution in [0.25, 0.3) is 10.9 Å². The van der Waals surface area contributed by atoms with Crippen LogP contribution in [0, 0.1) is 11.3 Å². The third-order valence-electron chi connectivity index (χ3n) is 5.35. The van der Waals surface area contributed by atoms with Crippen LogP contribution >= 0.6 is 15.9 Å². The summed E-state index contributed by atoms with van der Waals surface area (Å²) in [4.78, 5) is 31.0. The highest BCUT2D eigenvalue weighted by Gasteiger charge is 2.34. The number of nitrogens with one attached hydrogen (secondary N) is 1. The molecule has 2 aromatic carbocycles. The predicted octanol–water partition coefficient (Wildman–Crippen LogP) is 5.09. The van der Waals surface area contributed by atoms with E-state index in [0.29, 0.717) is 16.1 Å². The molecule has 8 nitrogen and oxygen atoms in total. The molecule has 0 spiro atoms. The molecule has 0 aliphatic heterocycles. The van der Waals surface area contributed by atoms with Gasteiger partial charge in [-0.25, -0.2) is 4.98 Å². The van der Waals surface area contributed by atoms with Crippen LogP contribution < -0.4 is 5.32 Å². The molecule has 0 saturated heterocycles. The van der Waals surface area contributed by atoms with E-state index < -0.39 is 23.7 Å². The number of pyridine rings is 1. The van der Waals surface area contributed by atoms with Crippen molar-refractivity contribution in [1.29, 1.82) is 5.26 Å². The Morgan fingerprint density at radius 1 is 1.14 bits per heavy atom. The third-order valence-corrected chi connectivity index (χ3v) is 5.85. The second kappa shape index (κ2) is 10.0. The topological polar surface area (TPSA) is 104 Å². The van der Waals surface area contributed by atoms with Crippen LogP contribution in [0.1, 0.15) is 37.7 Å². The zero-order chi connectivity index (χ0) is 26.9. The molecule has 4 rings (SSSR count). The summed E-state index contributed by atoms with van der Waals surface area (Å²) in [5.41, 5.74) is -0.272. The summed E-state index contributed by atoms with van der Waals surface area (Å²) >= 11 is 3.27. The summed E-state index contributed by atoms with van der Waals surface area (Å²) in [6.45, 7) is 0.221. The molecule has 2 aromatic heterocycles. The van der Waals surface area contributed by atoms with Gasteiger partial charge in [0.15, 0.2) is 5.69 Å². The van der Waals surface area contributed by atoms with Gasteiger partial charge in [-0.15, -0.1) is 0 Å². The summed E-state index contributed by atoms with van der Waals surface area (Å²) in [6, 6.07) is 13.8. The third kappa shape index (κ3) is 5.62. The van der Waals surface area contributed by atoms with E-state index in [9.17, 15) is 22.8 Å². The van der Waals surface area contributed by atoms with E-state index in [2.05, 4.69) is 31.3 Å². The maximum absolute atomic E-state index is 13.5. The molecule has 37 heavy (non-hydrogen) atoms. The van der Waals surface area contributed by atoms with Crippen molar-refractivity contribution < 1.29 is 22.8 Å². The summed E-state index contributed by atoms with van der Waals surface area (Å²) in [7, 11) is 3.02. The molecular formula is C25H18BrF3N6O2. The number of amides is 2. The number of hydrogen-bond acceptors (Lipinski definition) is 5. The molecule has 188 valence electrons. The fourth-order valence-corrected chi connectivity index (χ4v) is 3.92. The minimum Gasteiger partial charge on any atom is -0.343 e. The maximum atomic E-state index is 13.5. The van der Waals surface area contributed by atoms with Gasteiger partial charge in [0.2, 0.25) is 0 Å². The van der Waals surface area contributed by atoms with Crippen LogP contribution in [-0.2, 0) is 12.7 Å². The van der Waals surface area contributed by atoms with Gasteiger partial charge < -0.3 is 10.2 Å². The van der Waals surface area contributed by atoms with Crippen molar-refractivity contribution in [3.8, 4) is 6.07 Å². The Labute approximate surface area is 217 Å². The summed E-state index contributed by atoms with van der Waals surface area (Å²) < 4.78 is 42.5. The second-order valence-electron chi connectivity index (χ2n) is 8.27. The smallest absolute Gasteiger partial charge is 0.343 e. The number of carbonyl (C=O) groups excluding carboxylic acids is 2. The van der Waals surface area contributed by atoms with E-state index in [0.717, 1.165) is 5.56 Å². The molecule has 0 unspecified atom stereocenters. The average Bonchev–Trinajstić information content (AvgIpc) is 3.24. The van der Waals surface area contributed by atoms with Crippen molar-refractivity contribution >= 4 is 44.3 Å². The molecule has 0 saturated carbocycles. The molecular weight excluding hydrogens is 553 g/mol. The normalized spacial score (nSPS) is 11.3. The molecule has 1 N–H and O–H groups in total. The lowest BCUT2D eigenvalue weighted by atomic mass is 10.1. The standard InChI is InChI=1S/C25H18BrF3N6O2/c1-34(2)24(37)22-20(13-35(33-22)12-15-5-3-14(11-30)4-6-15)32-23(36)18-10-21(25(27,28)29)31-19-8-7-16(26)9-17(18)19/h3-10,13H,12H2,1-2H3,(H,32,36). The van der Waals surface area contributed by atoms with Crippen molar-refractivity contribution in [1.82, 2.24) is 19.7 Å². The van der Waals surface area contributed by atoms with Gasteiger partial charge >= 0.3 is 6.18 Å². The monoisotopic (exact) mass is 570 g/mol. The molecule has 0 radical (unpaired) electrons. The largest absolute Gasteiger partial charge is 0.433 e. The fourth-order valence-electron chi connectivity index (χ4n) is 3.56. The van der Waals surface area contributed by atoms with Crippen LogP contribution in [0.4, 0.5) is 18.9 Å². The first-order valence-electron chi connectivity index (χ1n) is 10.7. The van der Waals surface area contributed by atoms with Crippen molar-refractivity contribution in [3.05, 3.63) is 87.3 Å². The number of halogens is 4. The molecule has 0 atom stereocenters. The number of nitriles is 1. The lowest BCUT2D eigenvalue weighted by Gasteiger charge is -2.13. The first kappa shape index (κ1) is 25.8. The Balaban J connectivity index is 1.74. The second-order valence-corrected chi connectivity index (χ2v) is 9.18. The Bertz CT molecular complexity index is 1560. The minimum atomic E-state index is -4.77. The van der Waals surface area contributed by atoms with E-state index in [4.69, 9.17) is 5.26 Å². The van der Waals surface area contributed by atoms with Gasteiger partial charge in [-0.05, 0) is 42.0 Å². The van der Waals surface area contributed by atoms with Gasteiger partial charge in [0.05, 0.1) is 34.9 Å². The van der Waals surface area contributed by atoms with Gasteiger partial charge in [-0.3, -0.25) is 14.3 Å². The minimum absolute atomic E-state index is 0.00993. The SMILES string of the molecule is CN(C)C(=O)c1nn(Cc2ccc(C#N)cc2)cc1NC(=O)c1cc(C(F)(F)F)nc2ccc(Br)cc12. The van der Waals surface area contributed by atoms with E-state index in [-0.39, 0.29) is 34.4 Å². The molecule has 0 aliphatic carbocycles. The number of carbonyl (C=O) groups is 2. The summed E-state index contributed by atoms with van der Waals surface area (Å²) in [6.07, 6.45) is -3.34. The quantitative estimate of drug-likeness (QED) is 0.360. The number of benzene rings is 2. The maximum Gasteiger partial charge on any atom is 0.433 e. The number of nitrogens with zero attached hydrogens (tertiary/aromatic N) is 5. The molecule has 4 aromatic rings. The van der Waals surface area contributed by atoms with Gasteiger partial charge in [0.25, 0.3) is 11.8 Å². The molecule has 2 amide bonds. The first-order valence-corrected chi connectivity index (χ1v) is 11.5. The summed E-state index contributed by atoms with van der Waals surface area (Å²) in [5, 5.41) is 16.0. The Morgan fingerprint density at radius 2 is 1.84 bits per heavy atom. The highest BCUT2D eigenvalue weighted by Crippen LogP contribution is 2.32. The van der Waals surface area contributed by atoms with E-state index >= 15 is 0 Å².